The minimum Gasteiger partial charge on any atom is -0.508 e. The molecule has 2 aromatic carbocycles. The molecular weight excluding hydrogens is 200 g/mol. The van der Waals surface area contributed by atoms with E-state index < -0.39 is 0 Å². The minimum absolute atomic E-state index is 0.206. The third kappa shape index (κ3) is 2.55. The maximum Gasteiger partial charge on any atom is 0.116 e. The lowest BCUT2D eigenvalue weighted by atomic mass is 10.2. The van der Waals surface area contributed by atoms with Gasteiger partial charge in [0.2, 0.25) is 0 Å². The van der Waals surface area contributed by atoms with Crippen molar-refractivity contribution < 1.29 is 10.2 Å². The Bertz CT molecular complexity index is 545. The van der Waals surface area contributed by atoms with Crippen molar-refractivity contribution in [3.8, 4) is 23.3 Å². The van der Waals surface area contributed by atoms with E-state index in [9.17, 15) is 5.11 Å². The van der Waals surface area contributed by atoms with Gasteiger partial charge in [0.25, 0.3) is 0 Å². The highest BCUT2D eigenvalue weighted by Gasteiger charge is 1.90. The normalized spacial score (nSPS) is 9.25. The first-order valence-electron chi connectivity index (χ1n) is 4.84. The van der Waals surface area contributed by atoms with Gasteiger partial charge in [-0.2, -0.15) is 0 Å². The summed E-state index contributed by atoms with van der Waals surface area (Å²) in [6.45, 7) is 0. The molecule has 0 amide bonds. The Labute approximate surface area is 93.8 Å². The number of phenolic OH excluding ortho intramolecular Hbond substituents is 2. The molecule has 0 aliphatic rings. The van der Waals surface area contributed by atoms with Gasteiger partial charge in [0.1, 0.15) is 11.5 Å². The zero-order chi connectivity index (χ0) is 11.4. The molecule has 0 aliphatic carbocycles. The molecule has 16 heavy (non-hydrogen) atoms. The van der Waals surface area contributed by atoms with Crippen LogP contribution in [0.25, 0.3) is 0 Å². The summed E-state index contributed by atoms with van der Waals surface area (Å²) in [5, 5.41) is 18.3. The van der Waals surface area contributed by atoms with Crippen molar-refractivity contribution in [1.29, 1.82) is 0 Å². The van der Waals surface area contributed by atoms with Crippen LogP contribution in [0.1, 0.15) is 11.1 Å². The average molecular weight is 210 g/mol. The molecule has 0 fully saturated rings. The molecule has 0 bridgehead atoms. The van der Waals surface area contributed by atoms with Crippen molar-refractivity contribution in [2.24, 2.45) is 0 Å². The molecule has 0 heterocycles. The standard InChI is InChI=1S/C14H10O2/c15-13-8-6-11(7-9-13)4-5-12-2-1-3-14(16)10-12/h1-3,6-10,15-16H. The first-order chi connectivity index (χ1) is 7.74. The maximum absolute atomic E-state index is 9.25. The van der Waals surface area contributed by atoms with E-state index in [0.717, 1.165) is 11.1 Å². The van der Waals surface area contributed by atoms with Crippen LogP contribution in [0, 0.1) is 11.8 Å². The number of hydrogen-bond donors (Lipinski definition) is 2. The molecule has 2 aromatic rings. The van der Waals surface area contributed by atoms with Gasteiger partial charge in [0.15, 0.2) is 0 Å². The molecule has 0 saturated carbocycles. The molecule has 0 saturated heterocycles. The Balaban J connectivity index is 2.25. The van der Waals surface area contributed by atoms with Crippen LogP contribution in [0.4, 0.5) is 0 Å². The summed E-state index contributed by atoms with van der Waals surface area (Å²) < 4.78 is 0. The van der Waals surface area contributed by atoms with Crippen LogP contribution in [-0.2, 0) is 0 Å². The molecule has 2 N–H and O–H groups in total. The smallest absolute Gasteiger partial charge is 0.116 e. The van der Waals surface area contributed by atoms with Crippen LogP contribution >= 0.6 is 0 Å². The van der Waals surface area contributed by atoms with E-state index in [2.05, 4.69) is 11.8 Å². The van der Waals surface area contributed by atoms with Crippen LogP contribution in [0.2, 0.25) is 0 Å². The zero-order valence-corrected chi connectivity index (χ0v) is 8.51. The zero-order valence-electron chi connectivity index (χ0n) is 8.51. The van der Waals surface area contributed by atoms with Crippen molar-refractivity contribution in [2.45, 2.75) is 0 Å². The van der Waals surface area contributed by atoms with Crippen molar-refractivity contribution >= 4 is 0 Å². The Kier molecular flexibility index (Phi) is 2.79. The SMILES string of the molecule is Oc1ccc(C#Cc2cccc(O)c2)cc1. The van der Waals surface area contributed by atoms with E-state index in [1.165, 1.54) is 0 Å². The summed E-state index contributed by atoms with van der Waals surface area (Å²) in [7, 11) is 0. The monoisotopic (exact) mass is 210 g/mol. The topological polar surface area (TPSA) is 40.5 Å². The summed E-state index contributed by atoms with van der Waals surface area (Å²) in [5.74, 6) is 6.30. The van der Waals surface area contributed by atoms with Gasteiger partial charge < -0.3 is 10.2 Å². The van der Waals surface area contributed by atoms with Gasteiger partial charge in [-0.15, -0.1) is 0 Å². The fourth-order valence-electron chi connectivity index (χ4n) is 1.27. The van der Waals surface area contributed by atoms with E-state index in [1.54, 1.807) is 42.5 Å². The quantitative estimate of drug-likeness (QED) is 0.656. The van der Waals surface area contributed by atoms with Gasteiger partial charge in [-0.25, -0.2) is 0 Å². The first kappa shape index (κ1) is 10.1. The van der Waals surface area contributed by atoms with Crippen LogP contribution in [0.15, 0.2) is 48.5 Å². The van der Waals surface area contributed by atoms with Gasteiger partial charge in [0, 0.05) is 11.1 Å². The highest BCUT2D eigenvalue weighted by molar-refractivity contribution is 5.45. The van der Waals surface area contributed by atoms with Crippen LogP contribution in [0.3, 0.4) is 0 Å². The molecule has 0 unspecified atom stereocenters. The molecule has 2 rings (SSSR count). The van der Waals surface area contributed by atoms with Gasteiger partial charge in [-0.05, 0) is 42.5 Å². The number of aromatic hydroxyl groups is 2. The van der Waals surface area contributed by atoms with Crippen molar-refractivity contribution in [1.82, 2.24) is 0 Å². The van der Waals surface area contributed by atoms with Crippen LogP contribution in [0.5, 0.6) is 11.5 Å². The van der Waals surface area contributed by atoms with Crippen LogP contribution in [-0.4, -0.2) is 10.2 Å². The minimum atomic E-state index is 0.206. The predicted octanol–water partition coefficient (Wildman–Crippen LogP) is 2.50. The van der Waals surface area contributed by atoms with Gasteiger partial charge in [-0.3, -0.25) is 0 Å². The van der Waals surface area contributed by atoms with Gasteiger partial charge in [-0.1, -0.05) is 17.9 Å². The largest absolute Gasteiger partial charge is 0.508 e. The third-order valence-electron chi connectivity index (χ3n) is 2.06. The van der Waals surface area contributed by atoms with E-state index in [4.69, 9.17) is 5.11 Å². The molecule has 0 radical (unpaired) electrons. The highest BCUT2D eigenvalue weighted by atomic mass is 16.3. The second kappa shape index (κ2) is 4.41. The fraction of sp³-hybridized carbons (Fsp3) is 0. The van der Waals surface area contributed by atoms with Crippen molar-refractivity contribution in [3.05, 3.63) is 59.7 Å². The van der Waals surface area contributed by atoms with Crippen molar-refractivity contribution in [2.75, 3.05) is 0 Å². The molecular formula is C14H10O2. The van der Waals surface area contributed by atoms with E-state index in [0.29, 0.717) is 0 Å². The second-order valence-corrected chi connectivity index (χ2v) is 3.35. The second-order valence-electron chi connectivity index (χ2n) is 3.35. The highest BCUT2D eigenvalue weighted by Crippen LogP contribution is 2.11. The summed E-state index contributed by atoms with van der Waals surface area (Å²) in [5.41, 5.74) is 1.58. The Hall–Kier alpha value is -2.40. The van der Waals surface area contributed by atoms with Crippen molar-refractivity contribution in [3.63, 3.8) is 0 Å². The van der Waals surface area contributed by atoms with Gasteiger partial charge >= 0.3 is 0 Å². The lowest BCUT2D eigenvalue weighted by Crippen LogP contribution is -1.75. The van der Waals surface area contributed by atoms with E-state index in [1.807, 2.05) is 6.07 Å². The summed E-state index contributed by atoms with van der Waals surface area (Å²) in [6.07, 6.45) is 0. The number of hydrogen-bond acceptors (Lipinski definition) is 2. The lowest BCUT2D eigenvalue weighted by molar-refractivity contribution is 0.474. The molecule has 0 aliphatic heterocycles. The average Bonchev–Trinajstić information content (AvgIpc) is 2.28. The molecule has 78 valence electrons. The number of rotatable bonds is 0. The fourth-order valence-corrected chi connectivity index (χ4v) is 1.27. The summed E-state index contributed by atoms with van der Waals surface area (Å²) in [4.78, 5) is 0. The van der Waals surface area contributed by atoms with Crippen LogP contribution < -0.4 is 0 Å². The Morgan fingerprint density at radius 3 is 2.06 bits per heavy atom. The molecule has 2 heteroatoms. The Morgan fingerprint density at radius 1 is 0.688 bits per heavy atom. The maximum atomic E-state index is 9.25. The lowest BCUT2D eigenvalue weighted by Gasteiger charge is -1.93. The summed E-state index contributed by atoms with van der Waals surface area (Å²) >= 11 is 0. The van der Waals surface area contributed by atoms with Gasteiger partial charge in [0.05, 0.1) is 0 Å². The molecule has 0 atom stereocenters. The molecule has 0 aromatic heterocycles. The van der Waals surface area contributed by atoms with E-state index in [-0.39, 0.29) is 11.5 Å². The third-order valence-corrected chi connectivity index (χ3v) is 2.06. The number of phenols is 2. The molecule has 2 nitrogen and oxygen atoms in total. The molecule has 0 spiro atoms. The predicted molar refractivity (Wildman–Crippen MR) is 62.2 cm³/mol. The number of benzene rings is 2. The van der Waals surface area contributed by atoms with E-state index >= 15 is 0 Å². The Morgan fingerprint density at radius 2 is 1.38 bits per heavy atom. The summed E-state index contributed by atoms with van der Waals surface area (Å²) in [6, 6.07) is 13.4. The first-order valence-corrected chi connectivity index (χ1v) is 4.84.